The van der Waals surface area contributed by atoms with E-state index in [2.05, 4.69) is 40.7 Å². The van der Waals surface area contributed by atoms with Crippen molar-refractivity contribution in [3.63, 3.8) is 0 Å². The van der Waals surface area contributed by atoms with Crippen molar-refractivity contribution in [2.75, 3.05) is 0 Å². The van der Waals surface area contributed by atoms with Crippen LogP contribution in [0.3, 0.4) is 0 Å². The Hall–Kier alpha value is -6.88. The number of hydrogen-bond acceptors (Lipinski definition) is 6. The Labute approximate surface area is 510 Å². The highest BCUT2D eigenvalue weighted by atomic mass is 35.5. The van der Waals surface area contributed by atoms with Crippen molar-refractivity contribution in [2.24, 2.45) is 58.2 Å². The molecular weight excluding hydrogens is 1110 g/mol. The van der Waals surface area contributed by atoms with Gasteiger partial charge in [0, 0.05) is 0 Å². The van der Waals surface area contributed by atoms with E-state index in [1.807, 2.05) is 60.7 Å². The van der Waals surface area contributed by atoms with Crippen LogP contribution < -0.4 is 9.47 Å². The minimum Gasteiger partial charge on any atom is -0.486 e. The second-order valence-electron chi connectivity index (χ2n) is 26.0. The van der Waals surface area contributed by atoms with Crippen molar-refractivity contribution in [1.29, 1.82) is 0 Å². The number of allylic oxidation sites excluding steroid dienone is 1. The van der Waals surface area contributed by atoms with Gasteiger partial charge in [0.2, 0.25) is 0 Å². The molecule has 4 aliphatic carbocycles. The first kappa shape index (κ1) is 61.2. The van der Waals surface area contributed by atoms with Crippen molar-refractivity contribution in [2.45, 2.75) is 138 Å². The predicted molar refractivity (Wildman–Crippen MR) is 336 cm³/mol. The van der Waals surface area contributed by atoms with E-state index in [4.69, 9.17) is 32.7 Å². The van der Waals surface area contributed by atoms with Gasteiger partial charge in [0.15, 0.2) is 11.5 Å². The quantitative estimate of drug-likeness (QED) is 0.0514. The number of aromatic carboxylic acids is 4. The fraction of sp³-hybridized carbons (Fsp3) is 0.425. The van der Waals surface area contributed by atoms with E-state index >= 15 is 0 Å². The predicted octanol–water partition coefficient (Wildman–Crippen LogP) is 19.2. The number of hydrogen-bond donors (Lipinski definition) is 4. The summed E-state index contributed by atoms with van der Waals surface area (Å²) in [4.78, 5) is 49.7. The number of carboxylic acids is 4. The topological polar surface area (TPSA) is 168 Å². The lowest BCUT2D eigenvalue weighted by Gasteiger charge is -2.61. The van der Waals surface area contributed by atoms with Gasteiger partial charge in [-0.05, 0) is 227 Å². The van der Waals surface area contributed by atoms with Crippen LogP contribution in [-0.4, -0.2) is 44.3 Å². The van der Waals surface area contributed by atoms with Crippen LogP contribution in [-0.2, 0) is 13.2 Å². The van der Waals surface area contributed by atoms with Crippen LogP contribution in [0.4, 0.5) is 0 Å². The Bertz CT molecular complexity index is 3300. The minimum atomic E-state index is -1.26. The maximum absolute atomic E-state index is 13.2. The molecule has 1 unspecified atom stereocenters. The fourth-order valence-corrected chi connectivity index (χ4v) is 16.7. The molecule has 0 bridgehead atoms. The number of rotatable bonds is 22. The first-order chi connectivity index (χ1) is 40.7. The average Bonchev–Trinajstić information content (AvgIpc) is 3.83. The van der Waals surface area contributed by atoms with Crippen LogP contribution in [0.25, 0.3) is 27.8 Å². The molecule has 4 saturated carbocycles. The number of benzene rings is 6. The van der Waals surface area contributed by atoms with Crippen LogP contribution in [0.1, 0.15) is 188 Å². The highest BCUT2D eigenvalue weighted by Crippen LogP contribution is 2.69. The Morgan fingerprint density at radius 3 is 1.59 bits per heavy atom. The lowest BCUT2D eigenvalue weighted by atomic mass is 9.44. The molecule has 0 heterocycles. The molecule has 0 aliphatic heterocycles. The zero-order chi connectivity index (χ0) is 60.3. The van der Waals surface area contributed by atoms with E-state index in [1.54, 1.807) is 36.4 Å². The lowest BCUT2D eigenvalue weighted by Crippen LogP contribution is -2.53. The molecule has 12 heteroatoms. The maximum atomic E-state index is 13.2. The van der Waals surface area contributed by atoms with E-state index < -0.39 is 23.9 Å². The van der Waals surface area contributed by atoms with E-state index in [1.165, 1.54) is 94.9 Å². The van der Waals surface area contributed by atoms with Crippen LogP contribution in [0.2, 0.25) is 10.0 Å². The monoisotopic (exact) mass is 1190 g/mol. The molecule has 10 rings (SSSR count). The zero-order valence-corrected chi connectivity index (χ0v) is 51.1. The van der Waals surface area contributed by atoms with Gasteiger partial charge in [-0.25, -0.2) is 19.2 Å². The third kappa shape index (κ3) is 13.3. The standard InChI is InChI=1S/C73H80Cl2O10/c1-43(2)10-6-11-44(3)61-28-29-62-58-27-26-56-34-45(30-32-72(56,4)63(58)31-33-73(61,62)5)12-7-17-57(54-37-59(70(80)81)66(64(74)39-54)84-41-46-18-22-48(23-19-46)50-13-8-15-52(35-50)68(76)77)55-38-60(71(82)83)67(65(75)40-55)85-42-47-20-24-49(25-21-47)51-14-9-16-53(36-51)69(78)79/h8-9,13-25,35-40,43-45,56,58,61-63H,6-7,10-12,26-34,41-42H2,1-5H3,(H,76,77)(H,78,79)(H,80,81)(H,82,83)/t44-,45+,56?,58+,61-,62+,63+,72+,73-/m1/s1. The van der Waals surface area contributed by atoms with E-state index in [0.717, 1.165) is 81.7 Å². The highest BCUT2D eigenvalue weighted by Gasteiger charge is 2.60. The normalized spacial score (nSPS) is 23.7. The van der Waals surface area contributed by atoms with Gasteiger partial charge in [-0.15, -0.1) is 0 Å². The second-order valence-corrected chi connectivity index (χ2v) is 26.9. The molecule has 0 aromatic heterocycles. The Balaban J connectivity index is 0.891. The van der Waals surface area contributed by atoms with Crippen molar-refractivity contribution < 1.29 is 49.1 Å². The molecule has 0 amide bonds. The minimum absolute atomic E-state index is 0.0114. The van der Waals surface area contributed by atoms with Crippen molar-refractivity contribution >= 4 is 52.7 Å². The summed E-state index contributed by atoms with van der Waals surface area (Å²) in [6.07, 6.45) is 19.4. The molecule has 10 nitrogen and oxygen atoms in total. The molecule has 6 aromatic rings. The van der Waals surface area contributed by atoms with Crippen molar-refractivity contribution in [3.8, 4) is 33.8 Å². The van der Waals surface area contributed by atoms with Gasteiger partial charge in [0.1, 0.15) is 24.3 Å². The molecule has 4 N–H and O–H groups in total. The summed E-state index contributed by atoms with van der Waals surface area (Å²) < 4.78 is 12.4. The average molecular weight is 1190 g/mol. The van der Waals surface area contributed by atoms with Gasteiger partial charge in [0.25, 0.3) is 0 Å². The molecular formula is C73H80Cl2O10. The smallest absolute Gasteiger partial charge is 0.339 e. The summed E-state index contributed by atoms with van der Waals surface area (Å²) in [7, 11) is 0. The summed E-state index contributed by atoms with van der Waals surface area (Å²) in [6, 6.07) is 34.4. The third-order valence-corrected chi connectivity index (χ3v) is 21.2. The van der Waals surface area contributed by atoms with Gasteiger partial charge < -0.3 is 29.9 Å². The van der Waals surface area contributed by atoms with Crippen LogP contribution >= 0.6 is 23.2 Å². The van der Waals surface area contributed by atoms with Gasteiger partial charge in [-0.3, -0.25) is 0 Å². The summed E-state index contributed by atoms with van der Waals surface area (Å²) in [5, 5.41) is 40.7. The Morgan fingerprint density at radius 2 is 1.08 bits per heavy atom. The lowest BCUT2D eigenvalue weighted by molar-refractivity contribution is -0.121. The summed E-state index contributed by atoms with van der Waals surface area (Å²) in [6.45, 7) is 12.6. The third-order valence-electron chi connectivity index (χ3n) is 20.6. The number of ether oxygens (including phenoxy) is 2. The highest BCUT2D eigenvalue weighted by molar-refractivity contribution is 6.33. The number of fused-ring (bicyclic) bond motifs is 5. The zero-order valence-electron chi connectivity index (χ0n) is 49.6. The molecule has 4 aliphatic rings. The van der Waals surface area contributed by atoms with E-state index in [0.29, 0.717) is 45.8 Å². The van der Waals surface area contributed by atoms with E-state index in [9.17, 15) is 39.6 Å². The molecule has 6 aromatic carbocycles. The molecule has 85 heavy (non-hydrogen) atoms. The molecule has 446 valence electrons. The molecule has 0 radical (unpaired) electrons. The second kappa shape index (κ2) is 26.0. The molecule has 0 saturated heterocycles. The van der Waals surface area contributed by atoms with E-state index in [-0.39, 0.29) is 57.0 Å². The van der Waals surface area contributed by atoms with Gasteiger partial charge in [-0.2, -0.15) is 0 Å². The summed E-state index contributed by atoms with van der Waals surface area (Å²) in [5.74, 6) is 1.40. The number of halogens is 2. The summed E-state index contributed by atoms with van der Waals surface area (Å²) in [5.41, 5.74) is 6.81. The first-order valence-corrected chi connectivity index (χ1v) is 31.4. The van der Waals surface area contributed by atoms with Gasteiger partial charge in [0.05, 0.1) is 21.2 Å². The number of carboxylic acid groups (broad SMARTS) is 4. The van der Waals surface area contributed by atoms with Gasteiger partial charge in [-0.1, -0.05) is 156 Å². The maximum Gasteiger partial charge on any atom is 0.339 e. The SMILES string of the molecule is CC(C)CCC[C@@H](C)[C@H]1CC[C@H]2[C@@H]3CCC4C[C@@H](CCC=C(c5cc(Cl)c(OCc6ccc(-c7cccc(C(=O)O)c7)cc6)c(C(=O)O)c5)c5cc(Cl)c(OCc6ccc(-c7cccc(C(=O)O)c7)cc6)c(C(=O)O)c5)CC[C@]4(C)[C@H]3CC[C@]12C. The van der Waals surface area contributed by atoms with Crippen LogP contribution in [0, 0.1) is 58.2 Å². The Kier molecular flexibility index (Phi) is 18.7. The van der Waals surface area contributed by atoms with Crippen LogP contribution in [0.5, 0.6) is 11.5 Å². The first-order valence-electron chi connectivity index (χ1n) is 30.7. The van der Waals surface area contributed by atoms with Crippen molar-refractivity contribution in [3.05, 3.63) is 182 Å². The number of carbonyl (C=O) groups is 4. The molecule has 0 spiro atoms. The largest absolute Gasteiger partial charge is 0.486 e. The van der Waals surface area contributed by atoms with Crippen molar-refractivity contribution in [1.82, 2.24) is 0 Å². The van der Waals surface area contributed by atoms with Crippen LogP contribution in [0.15, 0.2) is 127 Å². The molecule has 4 fully saturated rings. The van der Waals surface area contributed by atoms with Gasteiger partial charge >= 0.3 is 23.9 Å². The fourth-order valence-electron chi connectivity index (χ4n) is 16.2. The Morgan fingerprint density at radius 1 is 0.565 bits per heavy atom. The molecule has 9 atom stereocenters. The summed E-state index contributed by atoms with van der Waals surface area (Å²) >= 11 is 14.1.